The first-order valence-corrected chi connectivity index (χ1v) is 10.4. The molecule has 0 amide bonds. The number of rotatable bonds is 5. The van der Waals surface area contributed by atoms with Crippen LogP contribution in [-0.4, -0.2) is 59.8 Å². The largest absolute Gasteiger partial charge is 0.383 e. The van der Waals surface area contributed by atoms with Crippen molar-refractivity contribution in [1.29, 1.82) is 0 Å². The first kappa shape index (κ1) is 17.7. The highest BCUT2D eigenvalue weighted by Crippen LogP contribution is 2.28. The summed E-state index contributed by atoms with van der Waals surface area (Å²) < 4.78 is 34.6. The van der Waals surface area contributed by atoms with E-state index in [4.69, 9.17) is 4.74 Å². The van der Waals surface area contributed by atoms with E-state index in [2.05, 4.69) is 9.97 Å². The molecule has 1 unspecified atom stereocenters. The lowest BCUT2D eigenvalue weighted by Crippen LogP contribution is -2.48. The van der Waals surface area contributed by atoms with Crippen LogP contribution < -0.4 is 0 Å². The van der Waals surface area contributed by atoms with E-state index in [1.807, 2.05) is 30.3 Å². The van der Waals surface area contributed by atoms with E-state index in [-0.39, 0.29) is 6.04 Å². The number of benzene rings is 1. The van der Waals surface area contributed by atoms with Crippen LogP contribution >= 0.6 is 0 Å². The van der Waals surface area contributed by atoms with Gasteiger partial charge in [0.15, 0.2) is 0 Å². The third-order valence-corrected chi connectivity index (χ3v) is 7.19. The number of ether oxygens (including phenoxy) is 1. The molecule has 26 heavy (non-hydrogen) atoms. The number of aromatic amines is 1. The Morgan fingerprint density at radius 1 is 1.27 bits per heavy atom. The minimum absolute atomic E-state index is 0.0620. The van der Waals surface area contributed by atoms with Crippen molar-refractivity contribution >= 4 is 10.2 Å². The average molecular weight is 376 g/mol. The second-order valence-corrected chi connectivity index (χ2v) is 8.71. The lowest BCUT2D eigenvalue weighted by atomic mass is 10.2. The van der Waals surface area contributed by atoms with E-state index >= 15 is 0 Å². The molecule has 1 aromatic heterocycles. The highest BCUT2D eigenvalue weighted by Gasteiger charge is 2.39. The molecule has 140 valence electrons. The summed E-state index contributed by atoms with van der Waals surface area (Å²) in [5, 5.41) is 0. The molecule has 4 rings (SSSR count). The minimum Gasteiger partial charge on any atom is -0.383 e. The van der Waals surface area contributed by atoms with Crippen molar-refractivity contribution in [2.75, 3.05) is 26.8 Å². The van der Waals surface area contributed by atoms with Gasteiger partial charge in [-0.15, -0.1) is 0 Å². The SMILES string of the molecule is COCC1CCCN1S(=O)(=O)N1CCc2nc(-c3ccccc3)[nH]c2C1. The fraction of sp³-hybridized carbons (Fsp3) is 0.500. The minimum atomic E-state index is -3.49. The van der Waals surface area contributed by atoms with Gasteiger partial charge in [0.05, 0.1) is 24.5 Å². The number of hydrogen-bond acceptors (Lipinski definition) is 4. The number of fused-ring (bicyclic) bond motifs is 1. The molecule has 1 fully saturated rings. The Balaban J connectivity index is 1.55. The Bertz CT molecular complexity index is 866. The van der Waals surface area contributed by atoms with Crippen molar-refractivity contribution in [1.82, 2.24) is 18.6 Å². The molecule has 2 aliphatic heterocycles. The molecule has 3 heterocycles. The number of hydrogen-bond donors (Lipinski definition) is 1. The summed E-state index contributed by atoms with van der Waals surface area (Å²) in [5.41, 5.74) is 2.86. The zero-order valence-corrected chi connectivity index (χ0v) is 15.7. The summed E-state index contributed by atoms with van der Waals surface area (Å²) in [7, 11) is -1.88. The molecule has 0 spiro atoms. The number of nitrogens with zero attached hydrogens (tertiary/aromatic N) is 3. The molecule has 0 aliphatic carbocycles. The quantitative estimate of drug-likeness (QED) is 0.863. The van der Waals surface area contributed by atoms with Crippen LogP contribution in [0, 0.1) is 0 Å². The molecule has 1 aromatic carbocycles. The van der Waals surface area contributed by atoms with E-state index in [0.717, 1.165) is 35.6 Å². The summed E-state index contributed by atoms with van der Waals surface area (Å²) in [5.74, 6) is 0.799. The molecular weight excluding hydrogens is 352 g/mol. The summed E-state index contributed by atoms with van der Waals surface area (Å²) in [6.45, 7) is 1.82. The molecule has 0 radical (unpaired) electrons. The Morgan fingerprint density at radius 3 is 2.85 bits per heavy atom. The van der Waals surface area contributed by atoms with Gasteiger partial charge in [-0.3, -0.25) is 0 Å². The van der Waals surface area contributed by atoms with Gasteiger partial charge in [-0.2, -0.15) is 17.0 Å². The maximum Gasteiger partial charge on any atom is 0.282 e. The smallest absolute Gasteiger partial charge is 0.282 e. The number of nitrogens with one attached hydrogen (secondary N) is 1. The Morgan fingerprint density at radius 2 is 2.08 bits per heavy atom. The van der Waals surface area contributed by atoms with E-state index in [9.17, 15) is 8.42 Å². The lowest BCUT2D eigenvalue weighted by Gasteiger charge is -2.32. The normalized spacial score (nSPS) is 21.8. The summed E-state index contributed by atoms with van der Waals surface area (Å²) in [4.78, 5) is 7.99. The van der Waals surface area contributed by atoms with E-state index in [0.29, 0.717) is 32.7 Å². The van der Waals surface area contributed by atoms with Crippen molar-refractivity contribution in [2.45, 2.75) is 31.8 Å². The van der Waals surface area contributed by atoms with Crippen LogP contribution in [0.2, 0.25) is 0 Å². The third kappa shape index (κ3) is 3.18. The van der Waals surface area contributed by atoms with Crippen LogP contribution in [-0.2, 0) is 27.9 Å². The van der Waals surface area contributed by atoms with Crippen LogP contribution in [0.1, 0.15) is 24.2 Å². The zero-order chi connectivity index (χ0) is 18.1. The first-order valence-electron chi connectivity index (χ1n) is 8.98. The second-order valence-electron chi connectivity index (χ2n) is 6.83. The van der Waals surface area contributed by atoms with Gasteiger partial charge in [-0.25, -0.2) is 4.98 Å². The predicted octanol–water partition coefficient (Wildman–Crippen LogP) is 1.79. The van der Waals surface area contributed by atoms with Crippen LogP contribution in [0.3, 0.4) is 0 Å². The fourth-order valence-electron chi connectivity index (χ4n) is 3.82. The van der Waals surface area contributed by atoms with Gasteiger partial charge in [0.2, 0.25) is 0 Å². The van der Waals surface area contributed by atoms with Crippen molar-refractivity contribution in [3.63, 3.8) is 0 Å². The van der Waals surface area contributed by atoms with Gasteiger partial charge in [0, 0.05) is 38.2 Å². The van der Waals surface area contributed by atoms with Crippen LogP contribution in [0.4, 0.5) is 0 Å². The van der Waals surface area contributed by atoms with Crippen molar-refractivity contribution < 1.29 is 13.2 Å². The first-order chi connectivity index (χ1) is 12.6. The van der Waals surface area contributed by atoms with Crippen LogP contribution in [0.15, 0.2) is 30.3 Å². The van der Waals surface area contributed by atoms with Gasteiger partial charge in [-0.1, -0.05) is 30.3 Å². The lowest BCUT2D eigenvalue weighted by molar-refractivity contribution is 0.145. The molecule has 2 aromatic rings. The van der Waals surface area contributed by atoms with Gasteiger partial charge in [0.1, 0.15) is 5.82 Å². The summed E-state index contributed by atoms with van der Waals surface area (Å²) >= 11 is 0. The van der Waals surface area contributed by atoms with E-state index in [1.54, 1.807) is 15.7 Å². The second kappa shape index (κ2) is 7.11. The van der Waals surface area contributed by atoms with Gasteiger partial charge >= 0.3 is 0 Å². The summed E-state index contributed by atoms with van der Waals surface area (Å²) in [6, 6.07) is 9.84. The molecule has 1 atom stereocenters. The van der Waals surface area contributed by atoms with E-state index in [1.165, 1.54) is 0 Å². The Kier molecular flexibility index (Phi) is 4.83. The van der Waals surface area contributed by atoms with Crippen molar-refractivity contribution in [2.24, 2.45) is 0 Å². The molecular formula is C18H24N4O3S. The number of aromatic nitrogens is 2. The third-order valence-electron chi connectivity index (χ3n) is 5.15. The van der Waals surface area contributed by atoms with Crippen molar-refractivity contribution in [3.8, 4) is 11.4 Å². The van der Waals surface area contributed by atoms with Crippen molar-refractivity contribution in [3.05, 3.63) is 41.7 Å². The molecule has 8 heteroatoms. The maximum absolute atomic E-state index is 13.1. The van der Waals surface area contributed by atoms with Crippen LogP contribution in [0.25, 0.3) is 11.4 Å². The molecule has 1 saturated heterocycles. The molecule has 1 N–H and O–H groups in total. The molecule has 2 aliphatic rings. The molecule has 7 nitrogen and oxygen atoms in total. The number of H-pyrrole nitrogens is 1. The van der Waals surface area contributed by atoms with Gasteiger partial charge in [-0.05, 0) is 12.8 Å². The number of imidazole rings is 1. The highest BCUT2D eigenvalue weighted by molar-refractivity contribution is 7.86. The Labute approximate surface area is 154 Å². The predicted molar refractivity (Wildman–Crippen MR) is 98.7 cm³/mol. The highest BCUT2D eigenvalue weighted by atomic mass is 32.2. The van der Waals surface area contributed by atoms with E-state index < -0.39 is 10.2 Å². The Hall–Kier alpha value is -1.74. The average Bonchev–Trinajstić information content (AvgIpc) is 3.29. The molecule has 0 saturated carbocycles. The molecule has 0 bridgehead atoms. The monoisotopic (exact) mass is 376 g/mol. The standard InChI is InChI=1S/C18H24N4O3S/c1-25-13-15-8-5-10-22(15)26(23,24)21-11-9-16-17(12-21)20-18(19-16)14-6-3-2-4-7-14/h2-4,6-7,15H,5,8-13H2,1H3,(H,19,20). The summed E-state index contributed by atoms with van der Waals surface area (Å²) in [6.07, 6.45) is 2.36. The number of methoxy groups -OCH3 is 1. The van der Waals surface area contributed by atoms with Gasteiger partial charge in [0.25, 0.3) is 10.2 Å². The topological polar surface area (TPSA) is 78.5 Å². The maximum atomic E-state index is 13.1. The van der Waals surface area contributed by atoms with Gasteiger partial charge < -0.3 is 9.72 Å². The fourth-order valence-corrected chi connectivity index (χ4v) is 5.63. The zero-order valence-electron chi connectivity index (χ0n) is 14.9. The van der Waals surface area contributed by atoms with Crippen LogP contribution in [0.5, 0.6) is 0 Å².